The molecule has 1 heterocycles. The van der Waals surface area contributed by atoms with Crippen molar-refractivity contribution in [3.8, 4) is 5.69 Å². The lowest BCUT2D eigenvalue weighted by molar-refractivity contribution is -0.118. The van der Waals surface area contributed by atoms with Gasteiger partial charge in [-0.1, -0.05) is 54.9 Å². The van der Waals surface area contributed by atoms with Gasteiger partial charge >= 0.3 is 0 Å². The molecule has 0 amide bonds. The Balaban J connectivity index is 1.90. The summed E-state index contributed by atoms with van der Waals surface area (Å²) in [6.45, 7) is 1.99. The summed E-state index contributed by atoms with van der Waals surface area (Å²) in [5.41, 5.74) is 2.42. The van der Waals surface area contributed by atoms with Crippen molar-refractivity contribution in [2.24, 2.45) is 0 Å². The summed E-state index contributed by atoms with van der Waals surface area (Å²) in [6.07, 6.45) is 4.58. The molecule has 138 valence electrons. The number of aryl methyl sites for hydroxylation is 1. The second-order valence-electron chi connectivity index (χ2n) is 7.01. The molecule has 1 aromatic heterocycles. The SMILES string of the molecule is Cc1ccccc1-n1c(SC2CCCCCC2=O)nc2ccccc2c1=O. The summed E-state index contributed by atoms with van der Waals surface area (Å²) in [4.78, 5) is 30.7. The second-order valence-corrected chi connectivity index (χ2v) is 8.18. The van der Waals surface area contributed by atoms with E-state index >= 15 is 0 Å². The normalized spacial score (nSPS) is 17.8. The summed E-state index contributed by atoms with van der Waals surface area (Å²) in [5, 5.41) is 1.07. The van der Waals surface area contributed by atoms with Gasteiger partial charge in [0.05, 0.1) is 21.8 Å². The van der Waals surface area contributed by atoms with Crippen LogP contribution < -0.4 is 5.56 Å². The minimum atomic E-state index is -0.129. The van der Waals surface area contributed by atoms with Gasteiger partial charge in [0, 0.05) is 6.42 Å². The smallest absolute Gasteiger partial charge is 0.266 e. The van der Waals surface area contributed by atoms with E-state index in [1.54, 1.807) is 4.57 Å². The highest BCUT2D eigenvalue weighted by Crippen LogP contribution is 2.31. The largest absolute Gasteiger partial charge is 0.298 e. The maximum absolute atomic E-state index is 13.3. The number of rotatable bonds is 3. The Morgan fingerprint density at radius 1 is 1.00 bits per heavy atom. The topological polar surface area (TPSA) is 52.0 Å². The van der Waals surface area contributed by atoms with E-state index in [1.807, 2.05) is 55.5 Å². The molecule has 0 aliphatic heterocycles. The van der Waals surface area contributed by atoms with E-state index in [0.717, 1.165) is 36.9 Å². The highest BCUT2D eigenvalue weighted by Gasteiger charge is 2.25. The quantitative estimate of drug-likeness (QED) is 0.490. The van der Waals surface area contributed by atoms with Crippen molar-refractivity contribution in [1.29, 1.82) is 0 Å². The van der Waals surface area contributed by atoms with Gasteiger partial charge < -0.3 is 0 Å². The van der Waals surface area contributed by atoms with Crippen LogP contribution in [0.3, 0.4) is 0 Å². The lowest BCUT2D eigenvalue weighted by Gasteiger charge is -2.18. The first-order chi connectivity index (χ1) is 13.1. The lowest BCUT2D eigenvalue weighted by Crippen LogP contribution is -2.24. The molecule has 0 radical (unpaired) electrons. The zero-order valence-electron chi connectivity index (χ0n) is 15.4. The first-order valence-electron chi connectivity index (χ1n) is 9.42. The van der Waals surface area contributed by atoms with E-state index in [-0.39, 0.29) is 16.6 Å². The molecule has 1 atom stereocenters. The van der Waals surface area contributed by atoms with Crippen molar-refractivity contribution in [3.63, 3.8) is 0 Å². The number of para-hydroxylation sites is 2. The number of benzene rings is 2. The van der Waals surface area contributed by atoms with E-state index in [2.05, 4.69) is 0 Å². The molecule has 1 saturated carbocycles. The van der Waals surface area contributed by atoms with Crippen LogP contribution in [0.25, 0.3) is 16.6 Å². The third kappa shape index (κ3) is 3.56. The summed E-state index contributed by atoms with van der Waals surface area (Å²) in [6, 6.07) is 15.2. The van der Waals surface area contributed by atoms with Gasteiger partial charge in [0.1, 0.15) is 5.78 Å². The average Bonchev–Trinajstić information content (AvgIpc) is 2.88. The molecule has 2 aromatic carbocycles. The number of aromatic nitrogens is 2. The Hall–Kier alpha value is -2.40. The molecule has 0 bridgehead atoms. The number of nitrogens with zero attached hydrogens (tertiary/aromatic N) is 2. The maximum atomic E-state index is 13.3. The number of fused-ring (bicyclic) bond motifs is 1. The fraction of sp³-hybridized carbons (Fsp3) is 0.318. The Bertz CT molecular complexity index is 1060. The van der Waals surface area contributed by atoms with E-state index < -0.39 is 0 Å². The van der Waals surface area contributed by atoms with Crippen LogP contribution in [0.4, 0.5) is 0 Å². The number of hydrogen-bond acceptors (Lipinski definition) is 4. The standard InChI is InChI=1S/C22H22N2O2S/c1-15-9-5-8-12-18(15)24-21(26)16-10-6-7-11-17(16)23-22(24)27-20-14-4-2-3-13-19(20)25/h5-12,20H,2-4,13-14H2,1H3. The molecule has 0 spiro atoms. The van der Waals surface area contributed by atoms with Gasteiger partial charge in [-0.3, -0.25) is 14.2 Å². The second kappa shape index (κ2) is 7.69. The average molecular weight is 378 g/mol. The van der Waals surface area contributed by atoms with Gasteiger partial charge in [0.2, 0.25) is 0 Å². The molecule has 4 rings (SSSR count). The highest BCUT2D eigenvalue weighted by atomic mass is 32.2. The van der Waals surface area contributed by atoms with Gasteiger partial charge in [-0.25, -0.2) is 4.98 Å². The fourth-order valence-electron chi connectivity index (χ4n) is 3.60. The van der Waals surface area contributed by atoms with Crippen LogP contribution in [0.2, 0.25) is 0 Å². The predicted molar refractivity (Wildman–Crippen MR) is 110 cm³/mol. The van der Waals surface area contributed by atoms with Crippen LogP contribution in [0.15, 0.2) is 58.5 Å². The van der Waals surface area contributed by atoms with Gasteiger partial charge in [-0.15, -0.1) is 0 Å². The number of ketones is 1. The molecule has 0 saturated heterocycles. The number of carbonyl (C=O) groups is 1. The van der Waals surface area contributed by atoms with Crippen molar-refractivity contribution < 1.29 is 4.79 Å². The molecule has 0 N–H and O–H groups in total. The van der Waals surface area contributed by atoms with Crippen molar-refractivity contribution in [3.05, 3.63) is 64.4 Å². The lowest BCUT2D eigenvalue weighted by atomic mass is 10.2. The first kappa shape index (κ1) is 18.0. The van der Waals surface area contributed by atoms with Crippen LogP contribution >= 0.6 is 11.8 Å². The molecular weight excluding hydrogens is 356 g/mol. The molecule has 5 heteroatoms. The van der Waals surface area contributed by atoms with E-state index in [9.17, 15) is 9.59 Å². The van der Waals surface area contributed by atoms with Crippen molar-refractivity contribution in [2.45, 2.75) is 49.4 Å². The minimum absolute atomic E-state index is 0.0847. The molecule has 1 unspecified atom stereocenters. The number of carbonyl (C=O) groups excluding carboxylic acids is 1. The van der Waals surface area contributed by atoms with Crippen molar-refractivity contribution >= 4 is 28.4 Å². The summed E-state index contributed by atoms with van der Waals surface area (Å²) < 4.78 is 1.68. The van der Waals surface area contributed by atoms with Crippen molar-refractivity contribution in [2.75, 3.05) is 0 Å². The fourth-order valence-corrected chi connectivity index (χ4v) is 4.82. The van der Waals surface area contributed by atoms with Gasteiger partial charge in [0.25, 0.3) is 5.56 Å². The van der Waals surface area contributed by atoms with E-state index in [1.165, 1.54) is 11.8 Å². The third-order valence-corrected chi connectivity index (χ3v) is 6.37. The van der Waals surface area contributed by atoms with E-state index in [4.69, 9.17) is 4.98 Å². The minimum Gasteiger partial charge on any atom is -0.298 e. The number of Topliss-reactive ketones (excluding diaryl/α,β-unsaturated/α-hetero) is 1. The Labute approximate surface area is 162 Å². The number of hydrogen-bond donors (Lipinski definition) is 0. The number of thioether (sulfide) groups is 1. The third-order valence-electron chi connectivity index (χ3n) is 5.10. The van der Waals surface area contributed by atoms with Crippen LogP contribution in [0.5, 0.6) is 0 Å². The van der Waals surface area contributed by atoms with Gasteiger partial charge in [-0.2, -0.15) is 0 Å². The van der Waals surface area contributed by atoms with Crippen LogP contribution in [-0.2, 0) is 4.79 Å². The zero-order chi connectivity index (χ0) is 18.8. The monoisotopic (exact) mass is 378 g/mol. The summed E-state index contributed by atoms with van der Waals surface area (Å²) in [7, 11) is 0. The molecule has 4 nitrogen and oxygen atoms in total. The first-order valence-corrected chi connectivity index (χ1v) is 10.3. The molecule has 1 fully saturated rings. The summed E-state index contributed by atoms with van der Waals surface area (Å²) >= 11 is 1.45. The predicted octanol–water partition coefficient (Wildman–Crippen LogP) is 4.69. The molecule has 1 aliphatic rings. The van der Waals surface area contributed by atoms with Crippen molar-refractivity contribution in [1.82, 2.24) is 9.55 Å². The molecule has 3 aromatic rings. The van der Waals surface area contributed by atoms with E-state index in [0.29, 0.717) is 22.5 Å². The van der Waals surface area contributed by atoms with Gasteiger partial charge in [-0.05, 0) is 43.5 Å². The Kier molecular flexibility index (Phi) is 5.12. The maximum Gasteiger partial charge on any atom is 0.266 e. The molecule has 27 heavy (non-hydrogen) atoms. The van der Waals surface area contributed by atoms with Gasteiger partial charge in [0.15, 0.2) is 5.16 Å². The Morgan fingerprint density at radius 3 is 2.63 bits per heavy atom. The van der Waals surface area contributed by atoms with Crippen LogP contribution in [0.1, 0.15) is 37.7 Å². The highest BCUT2D eigenvalue weighted by molar-refractivity contribution is 8.00. The van der Waals surface area contributed by atoms with Crippen LogP contribution in [0, 0.1) is 6.92 Å². The molecule has 1 aliphatic carbocycles. The zero-order valence-corrected chi connectivity index (χ0v) is 16.2. The van der Waals surface area contributed by atoms with Crippen LogP contribution in [-0.4, -0.2) is 20.6 Å². The summed E-state index contributed by atoms with van der Waals surface area (Å²) in [5.74, 6) is 0.274. The molecular formula is C22H22N2O2S. The Morgan fingerprint density at radius 2 is 1.78 bits per heavy atom.